The third-order valence-corrected chi connectivity index (χ3v) is 4.26. The zero-order valence-corrected chi connectivity index (χ0v) is 13.2. The number of hydrogen-bond donors (Lipinski definition) is 1. The zero-order chi connectivity index (χ0) is 14.4. The summed E-state index contributed by atoms with van der Waals surface area (Å²) in [5, 5.41) is 6.79. The van der Waals surface area contributed by atoms with Crippen molar-refractivity contribution in [2.75, 3.05) is 7.11 Å². The Kier molecular flexibility index (Phi) is 5.56. The van der Waals surface area contributed by atoms with Crippen molar-refractivity contribution in [2.24, 2.45) is 0 Å². The Morgan fingerprint density at radius 3 is 2.65 bits per heavy atom. The van der Waals surface area contributed by atoms with Gasteiger partial charge in [0.15, 0.2) is 0 Å². The lowest BCUT2D eigenvalue weighted by Gasteiger charge is -2.12. The Morgan fingerprint density at radius 2 is 2.05 bits per heavy atom. The quantitative estimate of drug-likeness (QED) is 0.846. The van der Waals surface area contributed by atoms with E-state index < -0.39 is 0 Å². The van der Waals surface area contributed by atoms with Gasteiger partial charge < -0.3 is 10.1 Å². The number of ether oxygens (including phenoxy) is 1. The highest BCUT2D eigenvalue weighted by molar-refractivity contribution is 7.09. The minimum atomic E-state index is 0.487. The van der Waals surface area contributed by atoms with Crippen molar-refractivity contribution >= 4 is 11.3 Å². The van der Waals surface area contributed by atoms with Crippen molar-refractivity contribution in [1.29, 1.82) is 0 Å². The lowest BCUT2D eigenvalue weighted by Crippen LogP contribution is -2.25. The first-order chi connectivity index (χ1) is 9.67. The summed E-state index contributed by atoms with van der Waals surface area (Å²) in [4.78, 5) is 4.46. The summed E-state index contributed by atoms with van der Waals surface area (Å²) in [6.45, 7) is 5.12. The summed E-state index contributed by atoms with van der Waals surface area (Å²) in [6.07, 6.45) is 2.20. The third-order valence-electron chi connectivity index (χ3n) is 3.29. The fourth-order valence-electron chi connectivity index (χ4n) is 2.02. The lowest BCUT2D eigenvalue weighted by molar-refractivity contribution is 0.414. The predicted molar refractivity (Wildman–Crippen MR) is 84.5 cm³/mol. The first kappa shape index (κ1) is 15.0. The Morgan fingerprint density at radius 1 is 1.30 bits per heavy atom. The van der Waals surface area contributed by atoms with Gasteiger partial charge in [0.25, 0.3) is 0 Å². The molecule has 0 amide bonds. The van der Waals surface area contributed by atoms with Crippen LogP contribution in [0.2, 0.25) is 0 Å². The molecule has 0 saturated heterocycles. The fraction of sp³-hybridized carbons (Fsp3) is 0.438. The van der Waals surface area contributed by atoms with Crippen LogP contribution in [0.15, 0.2) is 29.6 Å². The van der Waals surface area contributed by atoms with E-state index in [0.29, 0.717) is 6.04 Å². The van der Waals surface area contributed by atoms with Crippen molar-refractivity contribution in [2.45, 2.75) is 39.3 Å². The summed E-state index contributed by atoms with van der Waals surface area (Å²) in [6, 6.07) is 8.80. The van der Waals surface area contributed by atoms with Gasteiger partial charge in [-0.1, -0.05) is 12.1 Å². The van der Waals surface area contributed by atoms with E-state index in [-0.39, 0.29) is 0 Å². The molecule has 0 bridgehead atoms. The van der Waals surface area contributed by atoms with Gasteiger partial charge in [0, 0.05) is 23.7 Å². The van der Waals surface area contributed by atoms with Crippen molar-refractivity contribution in [3.63, 3.8) is 0 Å². The van der Waals surface area contributed by atoms with Gasteiger partial charge >= 0.3 is 0 Å². The van der Waals surface area contributed by atoms with Crippen LogP contribution in [0.1, 0.15) is 29.6 Å². The Labute approximate surface area is 125 Å². The molecule has 1 aromatic heterocycles. The van der Waals surface area contributed by atoms with E-state index in [9.17, 15) is 0 Å². The van der Waals surface area contributed by atoms with Crippen LogP contribution >= 0.6 is 11.3 Å². The third kappa shape index (κ3) is 4.62. The molecule has 2 rings (SSSR count). The van der Waals surface area contributed by atoms with Gasteiger partial charge in [0.1, 0.15) is 10.8 Å². The SMILES string of the molecule is COc1ccc(CC[C@@H](C)NCc2nc(C)cs2)cc1. The first-order valence-electron chi connectivity index (χ1n) is 6.94. The van der Waals surface area contributed by atoms with Gasteiger partial charge in [-0.25, -0.2) is 4.98 Å². The number of rotatable bonds is 7. The number of methoxy groups -OCH3 is 1. The molecule has 1 heterocycles. The summed E-state index contributed by atoms with van der Waals surface area (Å²) in [7, 11) is 1.70. The summed E-state index contributed by atoms with van der Waals surface area (Å²) in [5.74, 6) is 0.916. The summed E-state index contributed by atoms with van der Waals surface area (Å²) in [5.41, 5.74) is 2.46. The van der Waals surface area contributed by atoms with E-state index in [1.165, 1.54) is 10.6 Å². The van der Waals surface area contributed by atoms with Gasteiger partial charge in [-0.2, -0.15) is 0 Å². The molecular weight excluding hydrogens is 268 g/mol. The Bertz CT molecular complexity index is 522. The second kappa shape index (κ2) is 7.41. The largest absolute Gasteiger partial charge is 0.497 e. The van der Waals surface area contributed by atoms with Crippen molar-refractivity contribution in [3.8, 4) is 5.75 Å². The highest BCUT2D eigenvalue weighted by atomic mass is 32.1. The molecule has 1 atom stereocenters. The molecule has 0 aliphatic heterocycles. The molecule has 0 unspecified atom stereocenters. The molecule has 0 fully saturated rings. The standard InChI is InChI=1S/C16H22N2OS/c1-12(17-10-16-18-13(2)11-20-16)4-5-14-6-8-15(19-3)9-7-14/h6-9,11-12,17H,4-5,10H2,1-3H3/t12-/m1/s1. The topological polar surface area (TPSA) is 34.1 Å². The van der Waals surface area contributed by atoms with Gasteiger partial charge in [-0.15, -0.1) is 11.3 Å². The van der Waals surface area contributed by atoms with Gasteiger partial charge in [0.05, 0.1) is 7.11 Å². The van der Waals surface area contributed by atoms with Crippen LogP contribution in [-0.4, -0.2) is 18.1 Å². The van der Waals surface area contributed by atoms with Crippen LogP contribution in [-0.2, 0) is 13.0 Å². The number of nitrogens with one attached hydrogen (secondary N) is 1. The second-order valence-corrected chi connectivity index (χ2v) is 5.99. The Balaban J connectivity index is 1.72. The van der Waals surface area contributed by atoms with Crippen LogP contribution in [0.25, 0.3) is 0 Å². The first-order valence-corrected chi connectivity index (χ1v) is 7.82. The predicted octanol–water partition coefficient (Wildman–Crippen LogP) is 3.57. The highest BCUT2D eigenvalue weighted by Gasteiger charge is 2.04. The minimum absolute atomic E-state index is 0.487. The Hall–Kier alpha value is -1.39. The van der Waals surface area contributed by atoms with E-state index in [1.54, 1.807) is 18.4 Å². The molecule has 3 nitrogen and oxygen atoms in total. The van der Waals surface area contributed by atoms with Crippen LogP contribution in [0.4, 0.5) is 0 Å². The molecule has 108 valence electrons. The number of hydrogen-bond acceptors (Lipinski definition) is 4. The number of benzene rings is 1. The molecule has 4 heteroatoms. The van der Waals surface area contributed by atoms with E-state index >= 15 is 0 Å². The fourth-order valence-corrected chi connectivity index (χ4v) is 2.75. The van der Waals surface area contributed by atoms with Crippen LogP contribution < -0.4 is 10.1 Å². The van der Waals surface area contributed by atoms with Crippen molar-refractivity contribution in [1.82, 2.24) is 10.3 Å². The molecule has 1 N–H and O–H groups in total. The molecule has 0 aliphatic carbocycles. The van der Waals surface area contributed by atoms with Gasteiger partial charge in [-0.3, -0.25) is 0 Å². The van der Waals surface area contributed by atoms with Crippen LogP contribution in [0.3, 0.4) is 0 Å². The maximum atomic E-state index is 5.17. The average Bonchev–Trinajstić information content (AvgIpc) is 2.89. The van der Waals surface area contributed by atoms with E-state index in [0.717, 1.165) is 30.8 Å². The number of aryl methyl sites for hydroxylation is 2. The van der Waals surface area contributed by atoms with E-state index in [1.807, 2.05) is 19.1 Å². The van der Waals surface area contributed by atoms with Gasteiger partial charge in [0.2, 0.25) is 0 Å². The van der Waals surface area contributed by atoms with Crippen molar-refractivity contribution < 1.29 is 4.74 Å². The van der Waals surface area contributed by atoms with Crippen LogP contribution in [0.5, 0.6) is 5.75 Å². The molecule has 0 spiro atoms. The maximum absolute atomic E-state index is 5.17. The monoisotopic (exact) mass is 290 g/mol. The van der Waals surface area contributed by atoms with E-state index in [2.05, 4.69) is 34.7 Å². The van der Waals surface area contributed by atoms with Crippen LogP contribution in [0, 0.1) is 6.92 Å². The van der Waals surface area contributed by atoms with Crippen molar-refractivity contribution in [3.05, 3.63) is 45.9 Å². The molecular formula is C16H22N2OS. The average molecular weight is 290 g/mol. The normalized spacial score (nSPS) is 12.3. The molecule has 2 aromatic rings. The van der Waals surface area contributed by atoms with E-state index in [4.69, 9.17) is 4.74 Å². The molecule has 0 radical (unpaired) electrons. The zero-order valence-electron chi connectivity index (χ0n) is 12.3. The minimum Gasteiger partial charge on any atom is -0.497 e. The second-order valence-electron chi connectivity index (χ2n) is 5.05. The lowest BCUT2D eigenvalue weighted by atomic mass is 10.1. The highest BCUT2D eigenvalue weighted by Crippen LogP contribution is 2.13. The molecule has 0 aliphatic rings. The summed E-state index contributed by atoms with van der Waals surface area (Å²) < 4.78 is 5.17. The number of nitrogens with zero attached hydrogens (tertiary/aromatic N) is 1. The molecule has 0 saturated carbocycles. The number of thiazole rings is 1. The van der Waals surface area contributed by atoms with Gasteiger partial charge in [-0.05, 0) is 44.4 Å². The smallest absolute Gasteiger partial charge is 0.118 e. The molecule has 20 heavy (non-hydrogen) atoms. The number of aromatic nitrogens is 1. The summed E-state index contributed by atoms with van der Waals surface area (Å²) >= 11 is 1.72. The maximum Gasteiger partial charge on any atom is 0.118 e. The molecule has 1 aromatic carbocycles.